The summed E-state index contributed by atoms with van der Waals surface area (Å²) in [5, 5.41) is 0.121. The molecule has 1 unspecified atom stereocenters. The Morgan fingerprint density at radius 2 is 2.05 bits per heavy atom. The van der Waals surface area contributed by atoms with Crippen molar-refractivity contribution in [2.75, 3.05) is 19.6 Å². The summed E-state index contributed by atoms with van der Waals surface area (Å²) in [6.07, 6.45) is 0. The van der Waals surface area contributed by atoms with Crippen LogP contribution in [0.25, 0.3) is 11.0 Å². The van der Waals surface area contributed by atoms with E-state index in [9.17, 15) is 4.39 Å². The predicted octanol–water partition coefficient (Wildman–Crippen LogP) is 4.39. The molecule has 2 aromatic rings. The van der Waals surface area contributed by atoms with Gasteiger partial charge in [-0.3, -0.25) is 0 Å². The number of H-pyrrole nitrogens is 1. The van der Waals surface area contributed by atoms with Crippen LogP contribution < -0.4 is 0 Å². The highest BCUT2D eigenvalue weighted by Gasteiger charge is 2.15. The zero-order valence-electron chi connectivity index (χ0n) is 11.9. The number of hydrogen-bond acceptors (Lipinski definition) is 2. The maximum absolute atomic E-state index is 13.5. The minimum atomic E-state index is -0.432. The van der Waals surface area contributed by atoms with Crippen LogP contribution >= 0.6 is 23.8 Å². The molecule has 1 atom stereocenters. The van der Waals surface area contributed by atoms with E-state index in [0.29, 0.717) is 10.3 Å². The summed E-state index contributed by atoms with van der Waals surface area (Å²) in [7, 11) is 0. The topological polar surface area (TPSA) is 24.0 Å². The fraction of sp³-hybridized carbons (Fsp3) is 0.500. The van der Waals surface area contributed by atoms with Gasteiger partial charge in [0, 0.05) is 18.7 Å². The Kier molecular flexibility index (Phi) is 4.83. The Morgan fingerprint density at radius 1 is 1.40 bits per heavy atom. The molecule has 0 bridgehead atoms. The monoisotopic (exact) mass is 315 g/mol. The van der Waals surface area contributed by atoms with Crippen molar-refractivity contribution in [3.63, 3.8) is 0 Å². The normalized spacial score (nSPS) is 13.3. The summed E-state index contributed by atoms with van der Waals surface area (Å²) < 4.78 is 16.1. The smallest absolute Gasteiger partial charge is 0.178 e. The Morgan fingerprint density at radius 3 is 2.65 bits per heavy atom. The summed E-state index contributed by atoms with van der Waals surface area (Å²) in [4.78, 5) is 5.38. The van der Waals surface area contributed by atoms with Gasteiger partial charge in [0.05, 0.1) is 16.1 Å². The van der Waals surface area contributed by atoms with E-state index in [2.05, 4.69) is 30.7 Å². The zero-order valence-corrected chi connectivity index (χ0v) is 13.5. The van der Waals surface area contributed by atoms with E-state index in [1.807, 2.05) is 4.57 Å². The van der Waals surface area contributed by atoms with E-state index in [-0.39, 0.29) is 11.1 Å². The summed E-state index contributed by atoms with van der Waals surface area (Å²) in [5.74, 6) is -0.432. The summed E-state index contributed by atoms with van der Waals surface area (Å²) in [6.45, 7) is 9.26. The molecule has 1 heterocycles. The van der Waals surface area contributed by atoms with Crippen LogP contribution in [0.3, 0.4) is 0 Å². The number of fused-ring (bicyclic) bond motifs is 1. The number of nitrogens with zero attached hydrogens (tertiary/aromatic N) is 2. The van der Waals surface area contributed by atoms with Gasteiger partial charge in [-0.1, -0.05) is 25.4 Å². The van der Waals surface area contributed by atoms with Crippen LogP contribution in [0.1, 0.15) is 26.8 Å². The molecule has 2 rings (SSSR count). The van der Waals surface area contributed by atoms with Crippen LogP contribution in [0.4, 0.5) is 4.39 Å². The van der Waals surface area contributed by atoms with Crippen molar-refractivity contribution in [1.82, 2.24) is 14.5 Å². The molecule has 1 N–H and O–H groups in total. The summed E-state index contributed by atoms with van der Waals surface area (Å²) >= 11 is 11.3. The second-order valence-corrected chi connectivity index (χ2v) is 5.71. The van der Waals surface area contributed by atoms with Gasteiger partial charge in [0.25, 0.3) is 0 Å². The molecule has 6 heteroatoms. The highest BCUT2D eigenvalue weighted by molar-refractivity contribution is 7.71. The Labute approximate surface area is 128 Å². The lowest BCUT2D eigenvalue weighted by molar-refractivity contribution is 0.262. The molecule has 0 aliphatic heterocycles. The van der Waals surface area contributed by atoms with E-state index in [1.54, 1.807) is 6.07 Å². The van der Waals surface area contributed by atoms with Crippen LogP contribution in [0.2, 0.25) is 5.02 Å². The van der Waals surface area contributed by atoms with Crippen LogP contribution in [-0.4, -0.2) is 34.1 Å². The largest absolute Gasteiger partial charge is 0.330 e. The third-order valence-electron chi connectivity index (χ3n) is 3.62. The van der Waals surface area contributed by atoms with Gasteiger partial charge >= 0.3 is 0 Å². The van der Waals surface area contributed by atoms with Gasteiger partial charge in [-0.05, 0) is 38.3 Å². The predicted molar refractivity (Wildman–Crippen MR) is 84.6 cm³/mol. The summed E-state index contributed by atoms with van der Waals surface area (Å²) in [6, 6.07) is 3.23. The first-order valence-corrected chi connectivity index (χ1v) is 7.58. The maximum atomic E-state index is 13.5. The van der Waals surface area contributed by atoms with E-state index >= 15 is 0 Å². The minimum Gasteiger partial charge on any atom is -0.330 e. The van der Waals surface area contributed by atoms with Gasteiger partial charge in [-0.2, -0.15) is 0 Å². The molecular weight excluding hydrogens is 297 g/mol. The number of nitrogens with one attached hydrogen (secondary N) is 1. The molecular formula is C14H19ClFN3S. The van der Waals surface area contributed by atoms with Crippen molar-refractivity contribution in [1.29, 1.82) is 0 Å². The molecule has 1 aromatic carbocycles. The van der Waals surface area contributed by atoms with Crippen molar-refractivity contribution in [2.24, 2.45) is 0 Å². The lowest BCUT2D eigenvalue weighted by Crippen LogP contribution is -2.29. The minimum absolute atomic E-state index is 0.121. The Balaban J connectivity index is 2.45. The highest BCUT2D eigenvalue weighted by Crippen LogP contribution is 2.25. The molecule has 0 aliphatic carbocycles. The van der Waals surface area contributed by atoms with Crippen LogP contribution in [0.5, 0.6) is 0 Å². The lowest BCUT2D eigenvalue weighted by Gasteiger charge is -2.24. The first-order valence-electron chi connectivity index (χ1n) is 6.79. The van der Waals surface area contributed by atoms with Crippen molar-refractivity contribution in [3.05, 3.63) is 27.7 Å². The molecule has 0 saturated carbocycles. The fourth-order valence-corrected chi connectivity index (χ4v) is 3.04. The molecule has 0 saturated heterocycles. The third-order valence-corrected chi connectivity index (χ3v) is 4.20. The number of benzene rings is 1. The first-order chi connectivity index (χ1) is 9.47. The molecule has 0 amide bonds. The van der Waals surface area contributed by atoms with Gasteiger partial charge in [0.2, 0.25) is 0 Å². The average Bonchev–Trinajstić information content (AvgIpc) is 2.71. The quantitative estimate of drug-likeness (QED) is 0.827. The van der Waals surface area contributed by atoms with Crippen molar-refractivity contribution in [2.45, 2.75) is 26.8 Å². The SMILES string of the molecule is CCN(CC)CC(C)n1c(=S)[nH]c2cc(F)c(Cl)cc21. The molecule has 0 radical (unpaired) electrons. The fourth-order valence-electron chi connectivity index (χ4n) is 2.50. The maximum Gasteiger partial charge on any atom is 0.178 e. The number of aromatic amines is 1. The molecule has 0 aliphatic rings. The second kappa shape index (κ2) is 6.24. The van der Waals surface area contributed by atoms with Gasteiger partial charge < -0.3 is 14.5 Å². The number of likely N-dealkylation sites (N-methyl/N-ethyl adjacent to an activating group) is 1. The standard InChI is InChI=1S/C14H19ClFN3S/c1-4-18(5-2)8-9(3)19-13-6-10(15)11(16)7-12(13)17-14(19)20/h6-7,9H,4-5,8H2,1-3H3,(H,17,20). The molecule has 3 nitrogen and oxygen atoms in total. The van der Waals surface area contributed by atoms with E-state index < -0.39 is 5.82 Å². The molecule has 110 valence electrons. The lowest BCUT2D eigenvalue weighted by atomic mass is 10.2. The molecule has 1 aromatic heterocycles. The Hall–Kier alpha value is -0.910. The van der Waals surface area contributed by atoms with Crippen molar-refractivity contribution in [3.8, 4) is 0 Å². The van der Waals surface area contributed by atoms with Gasteiger partial charge in [0.15, 0.2) is 4.77 Å². The number of halogens is 2. The van der Waals surface area contributed by atoms with Crippen LogP contribution in [-0.2, 0) is 0 Å². The van der Waals surface area contributed by atoms with Crippen molar-refractivity contribution >= 4 is 34.9 Å². The van der Waals surface area contributed by atoms with Gasteiger partial charge in [0.1, 0.15) is 5.82 Å². The molecule has 0 spiro atoms. The van der Waals surface area contributed by atoms with E-state index in [0.717, 1.165) is 25.2 Å². The van der Waals surface area contributed by atoms with Gasteiger partial charge in [-0.15, -0.1) is 0 Å². The van der Waals surface area contributed by atoms with E-state index in [4.69, 9.17) is 23.8 Å². The summed E-state index contributed by atoms with van der Waals surface area (Å²) in [5.41, 5.74) is 1.53. The Bertz CT molecular complexity index is 660. The number of hydrogen-bond donors (Lipinski definition) is 1. The highest BCUT2D eigenvalue weighted by atomic mass is 35.5. The molecule has 20 heavy (non-hydrogen) atoms. The first kappa shape index (κ1) is 15.5. The average molecular weight is 316 g/mol. The van der Waals surface area contributed by atoms with Crippen LogP contribution in [0, 0.1) is 10.6 Å². The van der Waals surface area contributed by atoms with Gasteiger partial charge in [-0.25, -0.2) is 4.39 Å². The third kappa shape index (κ3) is 2.90. The molecule has 0 fully saturated rings. The van der Waals surface area contributed by atoms with Crippen LogP contribution in [0.15, 0.2) is 12.1 Å². The number of imidazole rings is 1. The second-order valence-electron chi connectivity index (χ2n) is 4.92. The van der Waals surface area contributed by atoms with E-state index in [1.165, 1.54) is 6.07 Å². The number of rotatable bonds is 5. The zero-order chi connectivity index (χ0) is 14.9. The van der Waals surface area contributed by atoms with Crippen molar-refractivity contribution < 1.29 is 4.39 Å². The number of aromatic nitrogens is 2.